The molecule has 12 heteroatoms. The van der Waals surface area contributed by atoms with Crippen molar-refractivity contribution in [3.05, 3.63) is 45.9 Å². The smallest absolute Gasteiger partial charge is 0.322 e. The Labute approximate surface area is 235 Å². The zero-order chi connectivity index (χ0) is 27.5. The van der Waals surface area contributed by atoms with Gasteiger partial charge < -0.3 is 30.5 Å². The Morgan fingerprint density at radius 2 is 1.92 bits per heavy atom. The second kappa shape index (κ2) is 11.4. The van der Waals surface area contributed by atoms with Crippen LogP contribution in [0, 0.1) is 11.5 Å². The number of ether oxygens (including phenoxy) is 1. The molecule has 0 aliphatic carbocycles. The van der Waals surface area contributed by atoms with Gasteiger partial charge in [0.1, 0.15) is 5.75 Å². The average Bonchev–Trinajstić information content (AvgIpc) is 3.28. The van der Waals surface area contributed by atoms with Crippen molar-refractivity contribution in [3.8, 4) is 11.9 Å². The van der Waals surface area contributed by atoms with Crippen LogP contribution in [0.5, 0.6) is 5.75 Å². The van der Waals surface area contributed by atoms with E-state index in [-0.39, 0.29) is 36.6 Å². The van der Waals surface area contributed by atoms with E-state index in [9.17, 15) is 14.4 Å². The molecule has 3 aliphatic heterocycles. The second-order valence-electron chi connectivity index (χ2n) is 9.79. The lowest BCUT2D eigenvalue weighted by atomic mass is 10.0. The standard InChI is InChI=1S/C27H30BrN7O4/c1-39-19-2-3-21-16(12-19)6-11-35(27(38)32-21)18-7-9-34(10-8-18)24(37)5-4-23(36)17-13-20(28)25-22(14-17)31-26(33-25)30-15-29/h2-3,12-14,18,26,30-31,33H,4-11H2,1H3,(H,32,38). The first-order valence-corrected chi connectivity index (χ1v) is 13.7. The third-order valence-electron chi connectivity index (χ3n) is 7.47. The van der Waals surface area contributed by atoms with Crippen molar-refractivity contribution < 1.29 is 19.1 Å². The fraction of sp³-hybridized carbons (Fsp3) is 0.407. The summed E-state index contributed by atoms with van der Waals surface area (Å²) in [4.78, 5) is 42.4. The number of hydrogen-bond donors (Lipinski definition) is 4. The molecule has 3 aliphatic rings. The number of nitrogens with one attached hydrogen (secondary N) is 4. The van der Waals surface area contributed by atoms with E-state index >= 15 is 0 Å². The van der Waals surface area contributed by atoms with Gasteiger partial charge in [-0.15, -0.1) is 0 Å². The quantitative estimate of drug-likeness (QED) is 0.216. The number of methoxy groups -OCH3 is 1. The van der Waals surface area contributed by atoms with Gasteiger partial charge in [-0.2, -0.15) is 5.26 Å². The number of benzene rings is 2. The molecule has 11 nitrogen and oxygen atoms in total. The van der Waals surface area contributed by atoms with Crippen LogP contribution in [0.1, 0.15) is 41.6 Å². The number of halogens is 1. The van der Waals surface area contributed by atoms with Gasteiger partial charge in [0, 0.05) is 54.2 Å². The molecule has 4 N–H and O–H groups in total. The summed E-state index contributed by atoms with van der Waals surface area (Å²) in [6.45, 7) is 1.71. The van der Waals surface area contributed by atoms with Gasteiger partial charge in [-0.05, 0) is 71.1 Å². The van der Waals surface area contributed by atoms with Crippen LogP contribution in [0.25, 0.3) is 0 Å². The predicted molar refractivity (Wildman–Crippen MR) is 150 cm³/mol. The summed E-state index contributed by atoms with van der Waals surface area (Å²) < 4.78 is 6.02. The molecule has 0 bridgehead atoms. The van der Waals surface area contributed by atoms with Gasteiger partial charge in [0.2, 0.25) is 5.91 Å². The Bertz CT molecular complexity index is 1340. The van der Waals surface area contributed by atoms with Crippen LogP contribution in [0.2, 0.25) is 0 Å². The number of hydrogen-bond acceptors (Lipinski definition) is 8. The number of carbonyl (C=O) groups is 3. The minimum atomic E-state index is -0.449. The average molecular weight is 596 g/mol. The largest absolute Gasteiger partial charge is 0.497 e. The molecule has 1 fully saturated rings. The van der Waals surface area contributed by atoms with E-state index in [4.69, 9.17) is 10.00 Å². The number of nitrogens with zero attached hydrogens (tertiary/aromatic N) is 3. The molecule has 2 aromatic carbocycles. The molecule has 0 spiro atoms. The first kappa shape index (κ1) is 26.6. The van der Waals surface area contributed by atoms with Gasteiger partial charge in [0.05, 0.1) is 18.5 Å². The molecule has 3 amide bonds. The first-order chi connectivity index (χ1) is 18.9. The molecule has 39 heavy (non-hydrogen) atoms. The number of rotatable bonds is 7. The van der Waals surface area contributed by atoms with Crippen LogP contribution in [-0.2, 0) is 11.2 Å². The van der Waals surface area contributed by atoms with Crippen molar-refractivity contribution in [1.82, 2.24) is 15.1 Å². The van der Waals surface area contributed by atoms with Crippen molar-refractivity contribution in [2.24, 2.45) is 0 Å². The molecule has 0 radical (unpaired) electrons. The van der Waals surface area contributed by atoms with Gasteiger partial charge in [0.15, 0.2) is 18.3 Å². The van der Waals surface area contributed by atoms with E-state index in [2.05, 4.69) is 37.2 Å². The van der Waals surface area contributed by atoms with Crippen LogP contribution in [0.3, 0.4) is 0 Å². The van der Waals surface area contributed by atoms with E-state index in [1.807, 2.05) is 29.3 Å². The van der Waals surface area contributed by atoms with Crippen LogP contribution in [0.15, 0.2) is 34.8 Å². The van der Waals surface area contributed by atoms with Gasteiger partial charge in [0.25, 0.3) is 0 Å². The molecular weight excluding hydrogens is 566 g/mol. The molecule has 204 valence electrons. The van der Waals surface area contributed by atoms with Crippen molar-refractivity contribution in [1.29, 1.82) is 5.26 Å². The molecule has 3 heterocycles. The summed E-state index contributed by atoms with van der Waals surface area (Å²) >= 11 is 3.47. The van der Waals surface area contributed by atoms with Crippen LogP contribution >= 0.6 is 15.9 Å². The van der Waals surface area contributed by atoms with Gasteiger partial charge in [-0.3, -0.25) is 14.9 Å². The molecule has 5 rings (SSSR count). The molecule has 0 aromatic heterocycles. The number of nitriles is 1. The lowest BCUT2D eigenvalue weighted by Gasteiger charge is -2.38. The van der Waals surface area contributed by atoms with Crippen LogP contribution < -0.4 is 26.0 Å². The minimum Gasteiger partial charge on any atom is -0.497 e. The maximum absolute atomic E-state index is 12.9. The van der Waals surface area contributed by atoms with Crippen LogP contribution in [-0.4, -0.2) is 66.6 Å². The number of piperidine rings is 1. The number of anilines is 3. The Balaban J connectivity index is 1.12. The van der Waals surface area contributed by atoms with Crippen molar-refractivity contribution in [2.45, 2.75) is 44.4 Å². The molecule has 1 unspecified atom stereocenters. The Hall–Kier alpha value is -3.98. The summed E-state index contributed by atoms with van der Waals surface area (Å²) in [5.74, 6) is 0.582. The van der Waals surface area contributed by atoms with E-state index in [0.29, 0.717) is 48.2 Å². The maximum Gasteiger partial charge on any atom is 0.322 e. The van der Waals surface area contributed by atoms with Gasteiger partial charge >= 0.3 is 6.03 Å². The van der Waals surface area contributed by atoms with E-state index in [0.717, 1.165) is 29.1 Å². The second-order valence-corrected chi connectivity index (χ2v) is 10.6. The highest BCUT2D eigenvalue weighted by atomic mass is 79.9. The fourth-order valence-electron chi connectivity index (χ4n) is 5.35. The molecule has 0 saturated carbocycles. The van der Waals surface area contributed by atoms with Crippen molar-refractivity contribution >= 4 is 50.7 Å². The number of amides is 3. The minimum absolute atomic E-state index is 0.0520. The summed E-state index contributed by atoms with van der Waals surface area (Å²) in [5.41, 5.74) is 3.81. The summed E-state index contributed by atoms with van der Waals surface area (Å²) in [6, 6.07) is 9.05. The normalized spacial score (nSPS) is 18.5. The summed E-state index contributed by atoms with van der Waals surface area (Å²) in [7, 11) is 1.63. The fourth-order valence-corrected chi connectivity index (χ4v) is 5.93. The van der Waals surface area contributed by atoms with E-state index in [1.165, 1.54) is 0 Å². The lowest BCUT2D eigenvalue weighted by molar-refractivity contribution is -0.132. The van der Waals surface area contributed by atoms with E-state index in [1.54, 1.807) is 24.1 Å². The summed E-state index contributed by atoms with van der Waals surface area (Å²) in [5, 5.41) is 20.6. The molecule has 1 saturated heterocycles. The van der Waals surface area contributed by atoms with Crippen molar-refractivity contribution in [3.63, 3.8) is 0 Å². The number of likely N-dealkylation sites (tertiary alicyclic amines) is 1. The maximum atomic E-state index is 12.9. The van der Waals surface area contributed by atoms with Crippen molar-refractivity contribution in [2.75, 3.05) is 42.7 Å². The highest BCUT2D eigenvalue weighted by Crippen LogP contribution is 2.37. The SMILES string of the molecule is COc1ccc2c(c1)CCN(C1CCN(C(=O)CCC(=O)c3cc(Br)c4c(c3)NC(NC#N)N4)CC1)C(=O)N2. The molecule has 2 aromatic rings. The number of Topliss-reactive ketones (excluding diaryl/α,β-unsaturated/α-hetero) is 1. The Morgan fingerprint density at radius 1 is 1.13 bits per heavy atom. The molecule has 1 atom stereocenters. The first-order valence-electron chi connectivity index (χ1n) is 12.9. The zero-order valence-corrected chi connectivity index (χ0v) is 23.1. The predicted octanol–water partition coefficient (Wildman–Crippen LogP) is 3.69. The van der Waals surface area contributed by atoms with E-state index < -0.39 is 6.29 Å². The third kappa shape index (κ3) is 5.73. The van der Waals surface area contributed by atoms with Gasteiger partial charge in [-0.1, -0.05) is 0 Å². The highest BCUT2D eigenvalue weighted by molar-refractivity contribution is 9.10. The zero-order valence-electron chi connectivity index (χ0n) is 21.6. The molecular formula is C27H30BrN7O4. The Kier molecular flexibility index (Phi) is 7.79. The number of fused-ring (bicyclic) bond motifs is 2. The Morgan fingerprint density at radius 3 is 2.67 bits per heavy atom. The third-order valence-corrected chi connectivity index (χ3v) is 8.10. The highest BCUT2D eigenvalue weighted by Gasteiger charge is 2.31. The lowest BCUT2D eigenvalue weighted by Crippen LogP contribution is -2.50. The summed E-state index contributed by atoms with van der Waals surface area (Å²) in [6.07, 6.45) is 3.78. The van der Waals surface area contributed by atoms with Crippen LogP contribution in [0.4, 0.5) is 21.9 Å². The number of urea groups is 1. The number of ketones is 1. The monoisotopic (exact) mass is 595 g/mol. The number of carbonyl (C=O) groups excluding carboxylic acids is 3. The topological polar surface area (TPSA) is 139 Å². The van der Waals surface area contributed by atoms with Gasteiger partial charge in [-0.25, -0.2) is 4.79 Å².